The second kappa shape index (κ2) is 6.82. The van der Waals surface area contributed by atoms with Gasteiger partial charge in [0.15, 0.2) is 11.7 Å². The van der Waals surface area contributed by atoms with Crippen molar-refractivity contribution in [2.75, 3.05) is 10.6 Å². The van der Waals surface area contributed by atoms with Gasteiger partial charge in [-0.05, 0) is 42.5 Å². The number of alkyl halides is 3. The summed E-state index contributed by atoms with van der Waals surface area (Å²) in [6.07, 6.45) is -4.69. The van der Waals surface area contributed by atoms with Crippen molar-refractivity contribution < 1.29 is 26.0 Å². The first-order valence-corrected chi connectivity index (χ1v) is 8.92. The molecule has 12 heteroatoms. The van der Waals surface area contributed by atoms with Gasteiger partial charge in [-0.15, -0.1) is 8.80 Å². The number of amidine groups is 2. The quantitative estimate of drug-likeness (QED) is 0.717. The van der Waals surface area contributed by atoms with E-state index < -0.39 is 32.8 Å². The molecular formula is C15H9ClF4N4O2S. The number of benzene rings is 2. The zero-order chi connectivity index (χ0) is 19.8. The highest BCUT2D eigenvalue weighted by Crippen LogP contribution is 2.36. The molecule has 0 fully saturated rings. The molecule has 6 nitrogen and oxygen atoms in total. The Balaban J connectivity index is 1.89. The minimum absolute atomic E-state index is 0.101. The lowest BCUT2D eigenvalue weighted by molar-refractivity contribution is -0.137. The summed E-state index contributed by atoms with van der Waals surface area (Å²) in [4.78, 5) is 0. The van der Waals surface area contributed by atoms with Crippen LogP contribution in [0.2, 0.25) is 5.02 Å². The number of anilines is 2. The molecule has 27 heavy (non-hydrogen) atoms. The van der Waals surface area contributed by atoms with E-state index in [4.69, 9.17) is 11.6 Å². The summed E-state index contributed by atoms with van der Waals surface area (Å²) in [7, 11) is -4.21. The molecule has 1 aliphatic heterocycles. The fourth-order valence-corrected chi connectivity index (χ4v) is 3.12. The average Bonchev–Trinajstić information content (AvgIpc) is 2.84. The van der Waals surface area contributed by atoms with Gasteiger partial charge in [0.1, 0.15) is 5.82 Å². The van der Waals surface area contributed by atoms with Crippen LogP contribution in [0.1, 0.15) is 5.56 Å². The van der Waals surface area contributed by atoms with E-state index in [1.165, 1.54) is 18.2 Å². The highest BCUT2D eigenvalue weighted by Gasteiger charge is 2.34. The van der Waals surface area contributed by atoms with Gasteiger partial charge in [0.05, 0.1) is 10.6 Å². The largest absolute Gasteiger partial charge is 0.417 e. The van der Waals surface area contributed by atoms with Gasteiger partial charge in [0.2, 0.25) is 0 Å². The average molecular weight is 421 g/mol. The van der Waals surface area contributed by atoms with Gasteiger partial charge in [-0.25, -0.2) is 4.39 Å². The summed E-state index contributed by atoms with van der Waals surface area (Å²) in [5.41, 5.74) is -0.898. The van der Waals surface area contributed by atoms with E-state index in [1.54, 1.807) is 0 Å². The SMILES string of the molecule is O=S1(=O)N=C(Nc2ccc(F)cc2)C(Nc2ccc(Cl)c(C(F)(F)F)c2)=N1. The van der Waals surface area contributed by atoms with Crippen LogP contribution in [0.4, 0.5) is 28.9 Å². The van der Waals surface area contributed by atoms with E-state index in [0.717, 1.165) is 18.2 Å². The van der Waals surface area contributed by atoms with Gasteiger partial charge >= 0.3 is 16.4 Å². The molecule has 2 N–H and O–H groups in total. The molecule has 2 aromatic rings. The number of halogens is 5. The molecule has 1 aliphatic rings. The minimum Gasteiger partial charge on any atom is -0.336 e. The van der Waals surface area contributed by atoms with Gasteiger partial charge in [0, 0.05) is 11.4 Å². The Hall–Kier alpha value is -2.66. The van der Waals surface area contributed by atoms with Gasteiger partial charge < -0.3 is 10.6 Å². The first-order chi connectivity index (χ1) is 12.5. The van der Waals surface area contributed by atoms with E-state index in [-0.39, 0.29) is 17.4 Å². The van der Waals surface area contributed by atoms with E-state index in [1.807, 2.05) is 0 Å². The molecule has 0 saturated heterocycles. The predicted molar refractivity (Wildman–Crippen MR) is 93.9 cm³/mol. The van der Waals surface area contributed by atoms with Crippen LogP contribution < -0.4 is 10.6 Å². The zero-order valence-corrected chi connectivity index (χ0v) is 14.6. The van der Waals surface area contributed by atoms with Gasteiger partial charge in [-0.3, -0.25) is 0 Å². The predicted octanol–water partition coefficient (Wildman–Crippen LogP) is 4.08. The van der Waals surface area contributed by atoms with Gasteiger partial charge in [-0.1, -0.05) is 11.6 Å². The highest BCUT2D eigenvalue weighted by molar-refractivity contribution is 7.89. The minimum atomic E-state index is -4.69. The van der Waals surface area contributed by atoms with Crippen LogP contribution in [0.5, 0.6) is 0 Å². The maximum Gasteiger partial charge on any atom is 0.417 e. The highest BCUT2D eigenvalue weighted by atomic mass is 35.5. The first kappa shape index (κ1) is 19.1. The molecule has 142 valence electrons. The molecule has 0 saturated carbocycles. The molecule has 0 unspecified atom stereocenters. The topological polar surface area (TPSA) is 82.9 Å². The smallest absolute Gasteiger partial charge is 0.336 e. The number of rotatable bonds is 2. The molecule has 0 radical (unpaired) electrons. The Morgan fingerprint density at radius 1 is 0.889 bits per heavy atom. The fourth-order valence-electron chi connectivity index (χ4n) is 2.13. The van der Waals surface area contributed by atoms with Crippen LogP contribution in [0.15, 0.2) is 51.3 Å². The van der Waals surface area contributed by atoms with Crippen LogP contribution >= 0.6 is 11.6 Å². The van der Waals surface area contributed by atoms with Crippen LogP contribution in [0.25, 0.3) is 0 Å². The third-order valence-corrected chi connectivity index (χ3v) is 4.44. The van der Waals surface area contributed by atoms with E-state index in [0.29, 0.717) is 11.8 Å². The molecule has 3 rings (SSSR count). The lowest BCUT2D eigenvalue weighted by atomic mass is 10.2. The van der Waals surface area contributed by atoms with E-state index in [2.05, 4.69) is 19.4 Å². The van der Waals surface area contributed by atoms with E-state index >= 15 is 0 Å². The lowest BCUT2D eigenvalue weighted by Gasteiger charge is -2.13. The molecule has 0 aliphatic carbocycles. The van der Waals surface area contributed by atoms with Crippen molar-refractivity contribution in [3.05, 3.63) is 58.9 Å². The monoisotopic (exact) mass is 420 g/mol. The normalized spacial score (nSPS) is 15.9. The van der Waals surface area contributed by atoms with Crippen LogP contribution in [0, 0.1) is 5.82 Å². The van der Waals surface area contributed by atoms with Crippen molar-refractivity contribution in [3.63, 3.8) is 0 Å². The summed E-state index contributed by atoms with van der Waals surface area (Å²) < 4.78 is 81.9. The molecule has 1 heterocycles. The summed E-state index contributed by atoms with van der Waals surface area (Å²) >= 11 is 5.55. The van der Waals surface area contributed by atoms with Crippen LogP contribution in [-0.4, -0.2) is 20.1 Å². The molecule has 2 aromatic carbocycles. The van der Waals surface area contributed by atoms with Crippen LogP contribution in [-0.2, 0) is 16.4 Å². The van der Waals surface area contributed by atoms with Gasteiger partial charge in [-0.2, -0.15) is 21.6 Å². The number of hydrogen-bond acceptors (Lipinski definition) is 4. The number of nitrogens with zero attached hydrogens (tertiary/aromatic N) is 2. The Bertz CT molecular complexity index is 1050. The summed E-state index contributed by atoms with van der Waals surface area (Å²) in [5.74, 6) is -1.09. The molecular weight excluding hydrogens is 412 g/mol. The fraction of sp³-hybridized carbons (Fsp3) is 0.0667. The van der Waals surface area contributed by atoms with Crippen molar-refractivity contribution in [2.24, 2.45) is 8.80 Å². The van der Waals surface area contributed by atoms with Gasteiger partial charge in [0.25, 0.3) is 0 Å². The molecule has 0 aromatic heterocycles. The maximum atomic E-state index is 13.0. The van der Waals surface area contributed by atoms with Crippen molar-refractivity contribution in [3.8, 4) is 0 Å². The summed E-state index contributed by atoms with van der Waals surface area (Å²) in [6, 6.07) is 7.86. The van der Waals surface area contributed by atoms with E-state index in [9.17, 15) is 26.0 Å². The maximum absolute atomic E-state index is 13.0. The van der Waals surface area contributed by atoms with Crippen molar-refractivity contribution >= 4 is 44.9 Å². The Labute approximate surface area is 155 Å². The summed E-state index contributed by atoms with van der Waals surface area (Å²) in [5, 5.41) is 4.57. The van der Waals surface area contributed by atoms with Crippen molar-refractivity contribution in [1.29, 1.82) is 0 Å². The number of hydrogen-bond donors (Lipinski definition) is 2. The Morgan fingerprint density at radius 3 is 1.96 bits per heavy atom. The molecule has 0 spiro atoms. The summed E-state index contributed by atoms with van der Waals surface area (Å²) in [6.45, 7) is 0. The molecule has 0 amide bonds. The third-order valence-electron chi connectivity index (χ3n) is 3.28. The molecule has 0 atom stereocenters. The second-order valence-corrected chi connectivity index (χ2v) is 6.94. The lowest BCUT2D eigenvalue weighted by Crippen LogP contribution is -2.27. The Kier molecular flexibility index (Phi) is 4.82. The zero-order valence-electron chi connectivity index (χ0n) is 13.1. The van der Waals surface area contributed by atoms with Crippen molar-refractivity contribution in [1.82, 2.24) is 0 Å². The standard InChI is InChI=1S/C15H9ClF4N4O2S/c16-12-6-5-10(7-11(12)15(18,19)20)22-14-13(23-27(25,26)24-14)21-9-3-1-8(17)2-4-9/h1-7H,(H,21,23)(H,22,24). The van der Waals surface area contributed by atoms with Crippen molar-refractivity contribution in [2.45, 2.75) is 6.18 Å². The first-order valence-electron chi connectivity index (χ1n) is 7.15. The Morgan fingerprint density at radius 2 is 1.41 bits per heavy atom. The second-order valence-electron chi connectivity index (χ2n) is 5.28. The number of nitrogens with one attached hydrogen (secondary N) is 2. The molecule has 0 bridgehead atoms. The van der Waals surface area contributed by atoms with Crippen LogP contribution in [0.3, 0.4) is 0 Å². The third kappa shape index (κ3) is 4.55.